The molecule has 1 saturated carbocycles. The smallest absolute Gasteiger partial charge is 0.254 e. The second kappa shape index (κ2) is 6.80. The van der Waals surface area contributed by atoms with Crippen LogP contribution in [0.3, 0.4) is 0 Å². The van der Waals surface area contributed by atoms with Crippen molar-refractivity contribution in [3.8, 4) is 0 Å². The fourth-order valence-electron chi connectivity index (χ4n) is 1.91. The van der Waals surface area contributed by atoms with Crippen LogP contribution in [-0.4, -0.2) is 23.3 Å². The summed E-state index contributed by atoms with van der Waals surface area (Å²) in [5, 5.41) is 2.54. The zero-order valence-corrected chi connectivity index (χ0v) is 12.1. The van der Waals surface area contributed by atoms with Crippen molar-refractivity contribution in [1.29, 1.82) is 0 Å². The first-order valence-corrected chi connectivity index (χ1v) is 6.83. The molecule has 0 bridgehead atoms. The highest BCUT2D eigenvalue weighted by atomic mass is 19.2. The van der Waals surface area contributed by atoms with Crippen molar-refractivity contribution < 1.29 is 27.2 Å². The van der Waals surface area contributed by atoms with E-state index >= 15 is 0 Å². The zero-order valence-electron chi connectivity index (χ0n) is 12.1. The zero-order chi connectivity index (χ0) is 17.1. The average Bonchev–Trinajstić information content (AvgIpc) is 3.22. The van der Waals surface area contributed by atoms with Gasteiger partial charge in [-0.2, -0.15) is 22.5 Å². The number of hydrogen-bond acceptors (Lipinski definition) is 4. The first kappa shape index (κ1) is 17.0. The molecule has 23 heavy (non-hydrogen) atoms. The molecule has 6 nitrogen and oxygen atoms in total. The molecule has 10 heteroatoms. The minimum atomic E-state index is -1.84. The van der Waals surface area contributed by atoms with E-state index < -0.39 is 35.1 Å². The minimum Gasteiger partial charge on any atom is -0.355 e. The average molecular weight is 334 g/mol. The summed E-state index contributed by atoms with van der Waals surface area (Å²) >= 11 is 0. The summed E-state index contributed by atoms with van der Waals surface area (Å²) in [6.07, 6.45) is 0.621. The third kappa shape index (κ3) is 4.08. The Kier molecular flexibility index (Phi) is 5.02. The number of amides is 2. The number of carbonyl (C=O) groups excluding carboxylic acids is 2. The van der Waals surface area contributed by atoms with Crippen molar-refractivity contribution in [2.75, 3.05) is 12.0 Å². The predicted molar refractivity (Wildman–Crippen MR) is 70.7 cm³/mol. The second-order valence-corrected chi connectivity index (χ2v) is 5.23. The predicted octanol–water partition coefficient (Wildman–Crippen LogP) is 1.24. The Bertz CT molecular complexity index is 615. The van der Waals surface area contributed by atoms with Crippen LogP contribution >= 0.6 is 0 Å². The molecular weight excluding hydrogens is 320 g/mol. The van der Waals surface area contributed by atoms with Gasteiger partial charge < -0.3 is 5.32 Å². The van der Waals surface area contributed by atoms with Crippen LogP contribution in [0.25, 0.3) is 0 Å². The lowest BCUT2D eigenvalue weighted by Crippen LogP contribution is -2.35. The van der Waals surface area contributed by atoms with Gasteiger partial charge in [0.05, 0.1) is 0 Å². The number of nitrogens with zero attached hydrogens (tertiary/aromatic N) is 1. The molecule has 1 aliphatic carbocycles. The van der Waals surface area contributed by atoms with Crippen molar-refractivity contribution in [3.63, 3.8) is 0 Å². The fourth-order valence-corrected chi connectivity index (χ4v) is 1.91. The van der Waals surface area contributed by atoms with Crippen molar-refractivity contribution in [2.24, 2.45) is 11.8 Å². The topological polar surface area (TPSA) is 83.1 Å². The number of rotatable bonds is 6. The van der Waals surface area contributed by atoms with Crippen LogP contribution < -0.4 is 16.2 Å². The molecule has 0 radical (unpaired) electrons. The molecule has 2 amide bonds. The largest absolute Gasteiger partial charge is 0.355 e. The van der Waals surface area contributed by atoms with Gasteiger partial charge in [0.1, 0.15) is 5.69 Å². The van der Waals surface area contributed by atoms with Crippen LogP contribution in [0.4, 0.5) is 23.2 Å². The Morgan fingerprint density at radius 3 is 2.26 bits per heavy atom. The Labute approximate surface area is 128 Å². The number of hydrazine groups is 1. The van der Waals surface area contributed by atoms with Gasteiger partial charge in [0.25, 0.3) is 11.9 Å². The molecule has 0 saturated heterocycles. The van der Waals surface area contributed by atoms with Gasteiger partial charge in [-0.1, -0.05) is 6.92 Å². The van der Waals surface area contributed by atoms with Crippen molar-refractivity contribution >= 4 is 17.5 Å². The summed E-state index contributed by atoms with van der Waals surface area (Å²) in [4.78, 5) is 25.3. The van der Waals surface area contributed by atoms with Crippen LogP contribution in [0.1, 0.15) is 19.8 Å². The molecule has 1 aliphatic rings. The second-order valence-electron chi connectivity index (χ2n) is 5.23. The fraction of sp³-hybridized carbons (Fsp3) is 0.462. The number of aromatic nitrogens is 1. The van der Waals surface area contributed by atoms with E-state index in [-0.39, 0.29) is 24.8 Å². The highest BCUT2D eigenvalue weighted by molar-refractivity contribution is 5.82. The molecule has 1 aromatic heterocycles. The van der Waals surface area contributed by atoms with Gasteiger partial charge in [-0.3, -0.25) is 20.4 Å². The minimum absolute atomic E-state index is 0.0274. The van der Waals surface area contributed by atoms with Gasteiger partial charge in [-0.15, -0.1) is 0 Å². The molecular formula is C13H14F4N4O2. The number of pyridine rings is 1. The van der Waals surface area contributed by atoms with E-state index in [2.05, 4.69) is 10.3 Å². The van der Waals surface area contributed by atoms with Crippen LogP contribution in [0.2, 0.25) is 0 Å². The molecule has 3 N–H and O–H groups in total. The monoisotopic (exact) mass is 334 g/mol. The molecule has 1 aromatic rings. The summed E-state index contributed by atoms with van der Waals surface area (Å²) in [7, 11) is 0. The number of anilines is 1. The van der Waals surface area contributed by atoms with E-state index in [4.69, 9.17) is 0 Å². The molecule has 1 heterocycles. The Morgan fingerprint density at radius 2 is 1.74 bits per heavy atom. The highest BCUT2D eigenvalue weighted by Crippen LogP contribution is 2.37. The van der Waals surface area contributed by atoms with Gasteiger partial charge in [-0.05, 0) is 12.3 Å². The maximum atomic E-state index is 13.3. The standard InChI is InChI=1S/C13H14F4N4O2/c1-5-4-6(5)13(23)18-3-2-7(22)20-21-10-8(14)11(16)19-12(17)9(10)15/h5-6H,2-4H2,1H3,(H,18,23)(H,19,21)(H,20,22)/t5-,6-/m0/s1. The van der Waals surface area contributed by atoms with Crippen LogP contribution in [0, 0.1) is 35.4 Å². The SMILES string of the molecule is C[C@H]1C[C@@H]1C(=O)NCCC(=O)NNc1c(F)c(F)nc(F)c1F. The van der Waals surface area contributed by atoms with Gasteiger partial charge in [-0.25, -0.2) is 0 Å². The van der Waals surface area contributed by atoms with Crippen molar-refractivity contribution in [2.45, 2.75) is 19.8 Å². The van der Waals surface area contributed by atoms with Crippen LogP contribution in [0.15, 0.2) is 0 Å². The lowest BCUT2D eigenvalue weighted by molar-refractivity contribution is -0.123. The number of carbonyl (C=O) groups is 2. The maximum absolute atomic E-state index is 13.3. The molecule has 0 aromatic carbocycles. The lowest BCUT2D eigenvalue weighted by atomic mass is 10.3. The molecule has 1 fully saturated rings. The van der Waals surface area contributed by atoms with Crippen molar-refractivity contribution in [1.82, 2.24) is 15.7 Å². The van der Waals surface area contributed by atoms with Gasteiger partial charge in [0, 0.05) is 18.9 Å². The first-order chi connectivity index (χ1) is 10.8. The third-order valence-electron chi connectivity index (χ3n) is 3.42. The Hall–Kier alpha value is -2.39. The maximum Gasteiger partial charge on any atom is 0.254 e. The normalized spacial score (nSPS) is 19.2. The van der Waals surface area contributed by atoms with Crippen LogP contribution in [0.5, 0.6) is 0 Å². The summed E-state index contributed by atoms with van der Waals surface area (Å²) in [5.41, 5.74) is 2.45. The summed E-state index contributed by atoms with van der Waals surface area (Å²) < 4.78 is 52.2. The molecule has 0 spiro atoms. The molecule has 0 aliphatic heterocycles. The van der Waals surface area contributed by atoms with E-state index in [9.17, 15) is 27.2 Å². The highest BCUT2D eigenvalue weighted by Gasteiger charge is 2.38. The van der Waals surface area contributed by atoms with Gasteiger partial charge in [0.15, 0.2) is 0 Å². The number of nitrogens with one attached hydrogen (secondary N) is 3. The van der Waals surface area contributed by atoms with Crippen LogP contribution in [-0.2, 0) is 9.59 Å². The van der Waals surface area contributed by atoms with E-state index in [0.29, 0.717) is 5.92 Å². The third-order valence-corrected chi connectivity index (χ3v) is 3.42. The molecule has 0 unspecified atom stereocenters. The molecule has 2 atom stereocenters. The number of hydrogen-bond donors (Lipinski definition) is 3. The van der Waals surface area contributed by atoms with Gasteiger partial charge >= 0.3 is 0 Å². The van der Waals surface area contributed by atoms with E-state index in [1.54, 1.807) is 5.43 Å². The van der Waals surface area contributed by atoms with Gasteiger partial charge in [0.2, 0.25) is 23.4 Å². The first-order valence-electron chi connectivity index (χ1n) is 6.83. The lowest BCUT2D eigenvalue weighted by Gasteiger charge is -2.11. The Morgan fingerprint density at radius 1 is 1.17 bits per heavy atom. The summed E-state index contributed by atoms with van der Waals surface area (Å²) in [6.45, 7) is 1.95. The van der Waals surface area contributed by atoms with E-state index in [1.165, 1.54) is 0 Å². The summed E-state index contributed by atoms with van der Waals surface area (Å²) in [6, 6.07) is 0. The molecule has 2 rings (SSSR count). The van der Waals surface area contributed by atoms with Crippen molar-refractivity contribution in [3.05, 3.63) is 23.5 Å². The number of halogens is 4. The summed E-state index contributed by atoms with van der Waals surface area (Å²) in [5.74, 6) is -7.81. The quantitative estimate of drug-likeness (QED) is 0.415. The molecule has 126 valence electrons. The Balaban J connectivity index is 1.79. The van der Waals surface area contributed by atoms with E-state index in [0.717, 1.165) is 6.42 Å². The van der Waals surface area contributed by atoms with E-state index in [1.807, 2.05) is 12.3 Å².